The zero-order chi connectivity index (χ0) is 7.07. The molecule has 2 rings (SSSR count). The first-order valence-electron chi connectivity index (χ1n) is 4.63. The Labute approximate surface area is 81.6 Å². The second-order valence-electron chi connectivity index (χ2n) is 3.15. The van der Waals surface area contributed by atoms with Crippen LogP contribution < -0.4 is 0 Å². The first-order chi connectivity index (χ1) is 5.00. The predicted molar refractivity (Wildman–Crippen MR) is 45.5 cm³/mol. The van der Waals surface area contributed by atoms with Crippen LogP contribution in [-0.4, -0.2) is 0 Å². The fourth-order valence-corrected chi connectivity index (χ4v) is 1.44. The van der Waals surface area contributed by atoms with E-state index in [0.717, 1.165) is 0 Å². The summed E-state index contributed by atoms with van der Waals surface area (Å²) in [4.78, 5) is 0. The van der Waals surface area contributed by atoms with Gasteiger partial charge in [0.25, 0.3) is 0 Å². The van der Waals surface area contributed by atoms with Gasteiger partial charge in [-0.25, -0.2) is 0 Å². The molecule has 1 heteroatoms. The summed E-state index contributed by atoms with van der Waals surface area (Å²) in [7, 11) is 0. The van der Waals surface area contributed by atoms with Crippen molar-refractivity contribution in [2.75, 3.05) is 0 Å². The van der Waals surface area contributed by atoms with Crippen LogP contribution in [0.5, 0.6) is 0 Å². The van der Waals surface area contributed by atoms with E-state index in [1.807, 2.05) is 0 Å². The van der Waals surface area contributed by atoms with E-state index in [-0.39, 0.29) is 17.1 Å². The second-order valence-corrected chi connectivity index (χ2v) is 3.15. The van der Waals surface area contributed by atoms with Crippen LogP contribution in [-0.2, 0) is 17.1 Å². The predicted octanol–water partition coefficient (Wildman–Crippen LogP) is 3.53. The van der Waals surface area contributed by atoms with Gasteiger partial charge in [-0.3, -0.25) is 0 Å². The van der Waals surface area contributed by atoms with Gasteiger partial charge in [-0.05, 0) is 0 Å². The van der Waals surface area contributed by atoms with Crippen molar-refractivity contribution in [2.24, 2.45) is 0 Å². The van der Waals surface area contributed by atoms with Crippen molar-refractivity contribution in [3.05, 3.63) is 12.8 Å². The topological polar surface area (TPSA) is 0 Å². The molecule has 0 N–H and O–H groups in total. The average Bonchev–Trinajstić information content (AvgIpc) is 2.67. The molecule has 0 atom stereocenters. The Morgan fingerprint density at radius 1 is 0.545 bits per heavy atom. The van der Waals surface area contributed by atoms with E-state index < -0.39 is 0 Å². The van der Waals surface area contributed by atoms with E-state index in [2.05, 4.69) is 12.8 Å². The summed E-state index contributed by atoms with van der Waals surface area (Å²) in [5.41, 5.74) is 0. The van der Waals surface area contributed by atoms with E-state index in [9.17, 15) is 0 Å². The normalized spacial score (nSPS) is 21.8. The molecule has 0 unspecified atom stereocenters. The molecule has 0 aliphatic heterocycles. The molecule has 0 nitrogen and oxygen atoms in total. The zero-order valence-corrected chi connectivity index (χ0v) is 8.27. The van der Waals surface area contributed by atoms with Crippen molar-refractivity contribution in [2.45, 2.75) is 51.4 Å². The summed E-state index contributed by atoms with van der Waals surface area (Å²) in [6.45, 7) is 0. The SMILES string of the molecule is [CH-]1CCCC1.[CH-]1CCCC1.[Fe+2]. The van der Waals surface area contributed by atoms with Crippen LogP contribution in [0.15, 0.2) is 0 Å². The molecule has 0 saturated heterocycles. The quantitative estimate of drug-likeness (QED) is 0.408. The minimum absolute atomic E-state index is 0. The van der Waals surface area contributed by atoms with Crippen LogP contribution in [0.3, 0.4) is 0 Å². The molecule has 0 radical (unpaired) electrons. The number of hydrogen-bond donors (Lipinski definition) is 0. The molecular weight excluding hydrogens is 176 g/mol. The van der Waals surface area contributed by atoms with Crippen LogP contribution in [0.2, 0.25) is 0 Å². The van der Waals surface area contributed by atoms with E-state index in [0.29, 0.717) is 0 Å². The van der Waals surface area contributed by atoms with Gasteiger partial charge in [0.15, 0.2) is 0 Å². The Morgan fingerprint density at radius 2 is 0.818 bits per heavy atom. The molecule has 0 aromatic rings. The van der Waals surface area contributed by atoms with Crippen LogP contribution in [0.4, 0.5) is 0 Å². The molecule has 2 aliphatic carbocycles. The summed E-state index contributed by atoms with van der Waals surface area (Å²) < 4.78 is 0. The third-order valence-corrected chi connectivity index (χ3v) is 2.13. The van der Waals surface area contributed by atoms with Crippen molar-refractivity contribution >= 4 is 0 Å². The monoisotopic (exact) mass is 194 g/mol. The molecule has 2 aliphatic rings. The summed E-state index contributed by atoms with van der Waals surface area (Å²) in [5, 5.41) is 0. The van der Waals surface area contributed by atoms with Gasteiger partial charge in [0.1, 0.15) is 0 Å². The summed E-state index contributed by atoms with van der Waals surface area (Å²) in [6.07, 6.45) is 16.0. The van der Waals surface area contributed by atoms with E-state index in [4.69, 9.17) is 0 Å². The Kier molecular flexibility index (Phi) is 9.02. The third kappa shape index (κ3) is 6.90. The maximum atomic E-state index is 2.36. The molecule has 2 saturated carbocycles. The fourth-order valence-electron chi connectivity index (χ4n) is 1.44. The standard InChI is InChI=1S/2C5H9.Fe/c2*1-2-4-5-3-1;/h2*1H,2-5H2;/q2*-1;+2. The van der Waals surface area contributed by atoms with Gasteiger partial charge in [-0.1, -0.05) is 25.7 Å². The van der Waals surface area contributed by atoms with Crippen LogP contribution in [0.25, 0.3) is 0 Å². The second kappa shape index (κ2) is 8.61. The maximum absolute atomic E-state index is 2.36. The number of hydrogen-bond acceptors (Lipinski definition) is 0. The first-order valence-corrected chi connectivity index (χ1v) is 4.63. The summed E-state index contributed by atoms with van der Waals surface area (Å²) in [5.74, 6) is 0. The molecule has 0 amide bonds. The summed E-state index contributed by atoms with van der Waals surface area (Å²) >= 11 is 0. The van der Waals surface area contributed by atoms with Gasteiger partial charge in [-0.15, -0.1) is 0 Å². The van der Waals surface area contributed by atoms with E-state index in [1.54, 1.807) is 0 Å². The number of rotatable bonds is 0. The van der Waals surface area contributed by atoms with Crippen molar-refractivity contribution in [1.82, 2.24) is 0 Å². The Hall–Kier alpha value is 0.519. The third-order valence-electron chi connectivity index (χ3n) is 2.13. The Balaban J connectivity index is 0.000000167. The minimum Gasteiger partial charge on any atom is -0.328 e. The Morgan fingerprint density at radius 3 is 0.909 bits per heavy atom. The smallest absolute Gasteiger partial charge is 0.328 e. The van der Waals surface area contributed by atoms with Gasteiger partial charge >= 0.3 is 17.1 Å². The maximum Gasteiger partial charge on any atom is 2.00 e. The molecule has 11 heavy (non-hydrogen) atoms. The van der Waals surface area contributed by atoms with Gasteiger partial charge < -0.3 is 12.8 Å². The first kappa shape index (κ1) is 11.5. The van der Waals surface area contributed by atoms with Crippen molar-refractivity contribution in [3.63, 3.8) is 0 Å². The van der Waals surface area contributed by atoms with Gasteiger partial charge in [-0.2, -0.15) is 25.7 Å². The van der Waals surface area contributed by atoms with Crippen molar-refractivity contribution in [3.8, 4) is 0 Å². The van der Waals surface area contributed by atoms with Gasteiger partial charge in [0, 0.05) is 0 Å². The minimum atomic E-state index is 0. The van der Waals surface area contributed by atoms with E-state index in [1.165, 1.54) is 51.4 Å². The zero-order valence-electron chi connectivity index (χ0n) is 7.17. The van der Waals surface area contributed by atoms with Crippen molar-refractivity contribution < 1.29 is 17.1 Å². The molecule has 0 bridgehead atoms. The van der Waals surface area contributed by atoms with Crippen LogP contribution in [0, 0.1) is 12.8 Å². The molecule has 0 spiro atoms. The van der Waals surface area contributed by atoms with Crippen LogP contribution in [0.1, 0.15) is 51.4 Å². The van der Waals surface area contributed by atoms with Crippen LogP contribution >= 0.6 is 0 Å². The molecule has 2 fully saturated rings. The molecular formula is C10H18Fe. The molecule has 0 heterocycles. The van der Waals surface area contributed by atoms with Gasteiger partial charge in [0.05, 0.1) is 0 Å². The molecule has 0 aromatic heterocycles. The Bertz CT molecular complexity index is 38.1. The van der Waals surface area contributed by atoms with Crippen molar-refractivity contribution in [1.29, 1.82) is 0 Å². The summed E-state index contributed by atoms with van der Waals surface area (Å²) in [6, 6.07) is 0. The largest absolute Gasteiger partial charge is 2.00 e. The molecule has 0 aromatic carbocycles. The van der Waals surface area contributed by atoms with Gasteiger partial charge in [0.2, 0.25) is 0 Å². The fraction of sp³-hybridized carbons (Fsp3) is 0.800. The molecule has 66 valence electrons. The van der Waals surface area contributed by atoms with E-state index >= 15 is 0 Å². The average molecular weight is 194 g/mol.